The predicted octanol–water partition coefficient (Wildman–Crippen LogP) is 6.00. The molecule has 0 bridgehead atoms. The number of imidazole rings is 1. The van der Waals surface area contributed by atoms with Gasteiger partial charge in [0.1, 0.15) is 0 Å². The van der Waals surface area contributed by atoms with Crippen molar-refractivity contribution in [2.45, 2.75) is 6.54 Å². The second-order valence-electron chi connectivity index (χ2n) is 5.02. The Morgan fingerprint density at radius 3 is 2.39 bits per heavy atom. The standard InChI is InChI=1S/C18H13Cl3N2/c19-16-7-6-14(10-17(16)20)15(11-23-9-8-22-12-23)18(21)13-4-2-1-3-5-13/h1-10,12H,11H2. The molecule has 23 heavy (non-hydrogen) atoms. The van der Waals surface area contributed by atoms with E-state index >= 15 is 0 Å². The summed E-state index contributed by atoms with van der Waals surface area (Å²) in [7, 11) is 0. The summed E-state index contributed by atoms with van der Waals surface area (Å²) in [6.45, 7) is 0.589. The van der Waals surface area contributed by atoms with Crippen LogP contribution in [0.4, 0.5) is 0 Å². The molecule has 0 amide bonds. The summed E-state index contributed by atoms with van der Waals surface area (Å²) in [5.74, 6) is 0. The number of nitrogens with zero attached hydrogens (tertiary/aromatic N) is 2. The van der Waals surface area contributed by atoms with Gasteiger partial charge in [0.2, 0.25) is 0 Å². The molecular weight excluding hydrogens is 351 g/mol. The molecule has 0 fully saturated rings. The lowest BCUT2D eigenvalue weighted by atomic mass is 10.0. The van der Waals surface area contributed by atoms with Crippen molar-refractivity contribution < 1.29 is 0 Å². The fourth-order valence-corrected chi connectivity index (χ4v) is 2.89. The zero-order valence-electron chi connectivity index (χ0n) is 12.1. The molecule has 1 heterocycles. The van der Waals surface area contributed by atoms with Crippen molar-refractivity contribution in [2.75, 3.05) is 0 Å². The van der Waals surface area contributed by atoms with Crippen LogP contribution in [0, 0.1) is 0 Å². The number of allylic oxidation sites excluding steroid dienone is 1. The third-order valence-corrected chi connectivity index (χ3v) is 4.65. The summed E-state index contributed by atoms with van der Waals surface area (Å²) in [6, 6.07) is 15.4. The van der Waals surface area contributed by atoms with Crippen LogP contribution >= 0.6 is 34.8 Å². The average Bonchev–Trinajstić information content (AvgIpc) is 3.09. The van der Waals surface area contributed by atoms with Crippen LogP contribution in [-0.4, -0.2) is 9.55 Å². The van der Waals surface area contributed by atoms with Crippen LogP contribution in [0.3, 0.4) is 0 Å². The van der Waals surface area contributed by atoms with Gasteiger partial charge < -0.3 is 4.57 Å². The molecule has 0 N–H and O–H groups in total. The fourth-order valence-electron chi connectivity index (χ4n) is 2.29. The highest BCUT2D eigenvalue weighted by Crippen LogP contribution is 2.33. The number of hydrogen-bond acceptors (Lipinski definition) is 1. The van der Waals surface area contributed by atoms with E-state index in [4.69, 9.17) is 34.8 Å². The van der Waals surface area contributed by atoms with Gasteiger partial charge in [-0.25, -0.2) is 4.98 Å². The molecule has 1 aromatic heterocycles. The van der Waals surface area contributed by atoms with Crippen molar-refractivity contribution in [3.8, 4) is 0 Å². The Morgan fingerprint density at radius 1 is 0.957 bits per heavy atom. The van der Waals surface area contributed by atoms with E-state index in [2.05, 4.69) is 4.98 Å². The van der Waals surface area contributed by atoms with Crippen LogP contribution < -0.4 is 0 Å². The molecule has 3 aromatic rings. The lowest BCUT2D eigenvalue weighted by molar-refractivity contribution is 0.835. The summed E-state index contributed by atoms with van der Waals surface area (Å²) in [5, 5.41) is 1.70. The monoisotopic (exact) mass is 362 g/mol. The second kappa shape index (κ2) is 7.22. The second-order valence-corrected chi connectivity index (χ2v) is 6.21. The number of halogens is 3. The Kier molecular flexibility index (Phi) is 5.06. The quantitative estimate of drug-likeness (QED) is 0.520. The zero-order chi connectivity index (χ0) is 16.2. The number of aromatic nitrogens is 2. The van der Waals surface area contributed by atoms with Gasteiger partial charge >= 0.3 is 0 Å². The maximum Gasteiger partial charge on any atom is 0.0949 e. The van der Waals surface area contributed by atoms with Gasteiger partial charge in [-0.3, -0.25) is 0 Å². The highest BCUT2D eigenvalue weighted by atomic mass is 35.5. The molecule has 0 saturated heterocycles. The van der Waals surface area contributed by atoms with E-state index in [0.29, 0.717) is 21.6 Å². The topological polar surface area (TPSA) is 17.8 Å². The van der Waals surface area contributed by atoms with Gasteiger partial charge in [0.15, 0.2) is 0 Å². The third-order valence-electron chi connectivity index (χ3n) is 3.46. The van der Waals surface area contributed by atoms with Gasteiger partial charge in [0.25, 0.3) is 0 Å². The van der Waals surface area contributed by atoms with E-state index in [1.807, 2.05) is 53.2 Å². The molecule has 0 radical (unpaired) electrons. The van der Waals surface area contributed by atoms with Crippen LogP contribution in [0.15, 0.2) is 67.3 Å². The van der Waals surface area contributed by atoms with E-state index in [1.165, 1.54) is 0 Å². The molecule has 0 unspecified atom stereocenters. The van der Waals surface area contributed by atoms with Crippen LogP contribution in [0.5, 0.6) is 0 Å². The SMILES string of the molecule is ClC(=C(Cn1ccnc1)c1ccc(Cl)c(Cl)c1)c1ccccc1. The molecule has 0 atom stereocenters. The molecule has 0 spiro atoms. The molecular formula is C18H13Cl3N2. The van der Waals surface area contributed by atoms with Crippen LogP contribution in [-0.2, 0) is 6.54 Å². The van der Waals surface area contributed by atoms with E-state index in [1.54, 1.807) is 18.6 Å². The summed E-state index contributed by atoms with van der Waals surface area (Å²) >= 11 is 18.9. The first-order valence-corrected chi connectivity index (χ1v) is 8.14. The van der Waals surface area contributed by atoms with E-state index in [0.717, 1.165) is 16.7 Å². The fraction of sp³-hybridized carbons (Fsp3) is 0.0556. The van der Waals surface area contributed by atoms with Gasteiger partial charge in [0, 0.05) is 12.4 Å². The maximum atomic E-state index is 6.69. The van der Waals surface area contributed by atoms with E-state index in [-0.39, 0.29) is 0 Å². The summed E-state index contributed by atoms with van der Waals surface area (Å²) in [6.07, 6.45) is 5.39. The summed E-state index contributed by atoms with van der Waals surface area (Å²) in [5.41, 5.74) is 2.84. The minimum Gasteiger partial charge on any atom is -0.333 e. The van der Waals surface area contributed by atoms with Crippen molar-refractivity contribution in [1.82, 2.24) is 9.55 Å². The molecule has 0 aliphatic heterocycles. The van der Waals surface area contributed by atoms with E-state index < -0.39 is 0 Å². The van der Waals surface area contributed by atoms with Crippen molar-refractivity contribution in [3.05, 3.63) is 88.4 Å². The minimum atomic E-state index is 0.504. The first-order valence-electron chi connectivity index (χ1n) is 7.00. The van der Waals surface area contributed by atoms with E-state index in [9.17, 15) is 0 Å². The lowest BCUT2D eigenvalue weighted by Gasteiger charge is -2.13. The molecule has 3 rings (SSSR count). The molecule has 5 heteroatoms. The van der Waals surface area contributed by atoms with Gasteiger partial charge in [-0.05, 0) is 28.8 Å². The Balaban J connectivity index is 2.11. The lowest BCUT2D eigenvalue weighted by Crippen LogP contribution is -2.00. The molecule has 2 aromatic carbocycles. The molecule has 0 aliphatic carbocycles. The minimum absolute atomic E-state index is 0.504. The summed E-state index contributed by atoms with van der Waals surface area (Å²) in [4.78, 5) is 4.08. The zero-order valence-corrected chi connectivity index (χ0v) is 14.4. The van der Waals surface area contributed by atoms with Gasteiger partial charge in [-0.15, -0.1) is 0 Å². The Morgan fingerprint density at radius 2 is 1.74 bits per heavy atom. The maximum absolute atomic E-state index is 6.69. The highest BCUT2D eigenvalue weighted by Gasteiger charge is 2.12. The largest absolute Gasteiger partial charge is 0.333 e. The number of hydrogen-bond donors (Lipinski definition) is 0. The molecule has 116 valence electrons. The summed E-state index contributed by atoms with van der Waals surface area (Å²) < 4.78 is 1.96. The molecule has 0 saturated carbocycles. The van der Waals surface area contributed by atoms with Crippen molar-refractivity contribution in [2.24, 2.45) is 0 Å². The van der Waals surface area contributed by atoms with Crippen LogP contribution in [0.1, 0.15) is 11.1 Å². The molecule has 2 nitrogen and oxygen atoms in total. The predicted molar refractivity (Wildman–Crippen MR) is 97.8 cm³/mol. The normalized spacial score (nSPS) is 12.1. The van der Waals surface area contributed by atoms with Gasteiger partial charge in [-0.1, -0.05) is 71.2 Å². The first kappa shape index (κ1) is 16.1. The van der Waals surface area contributed by atoms with Crippen LogP contribution in [0.2, 0.25) is 10.0 Å². The van der Waals surface area contributed by atoms with Gasteiger partial charge in [-0.2, -0.15) is 0 Å². The molecule has 0 aliphatic rings. The Labute approximate surface area is 149 Å². The first-order chi connectivity index (χ1) is 11.1. The Hall–Kier alpha value is -1.74. The third kappa shape index (κ3) is 3.78. The van der Waals surface area contributed by atoms with Crippen molar-refractivity contribution in [1.29, 1.82) is 0 Å². The number of rotatable bonds is 4. The van der Waals surface area contributed by atoms with Crippen molar-refractivity contribution in [3.63, 3.8) is 0 Å². The number of benzene rings is 2. The Bertz CT molecular complexity index is 825. The highest BCUT2D eigenvalue weighted by molar-refractivity contribution is 6.52. The average molecular weight is 364 g/mol. The van der Waals surface area contributed by atoms with Crippen LogP contribution in [0.25, 0.3) is 10.6 Å². The smallest absolute Gasteiger partial charge is 0.0949 e. The van der Waals surface area contributed by atoms with Crippen molar-refractivity contribution >= 4 is 45.4 Å². The van der Waals surface area contributed by atoms with Gasteiger partial charge in [0.05, 0.1) is 27.9 Å².